The highest BCUT2D eigenvalue weighted by Gasteiger charge is 2.35. The molecule has 1 unspecified atom stereocenters. The number of halogens is 3. The van der Waals surface area contributed by atoms with Gasteiger partial charge in [0.2, 0.25) is 0 Å². The first-order valence-electron chi connectivity index (χ1n) is 5.85. The molecule has 0 radical (unpaired) electrons. The van der Waals surface area contributed by atoms with E-state index in [2.05, 4.69) is 15.3 Å². The van der Waals surface area contributed by atoms with Crippen LogP contribution in [0.5, 0.6) is 0 Å². The van der Waals surface area contributed by atoms with Crippen molar-refractivity contribution in [1.29, 1.82) is 0 Å². The largest absolute Gasteiger partial charge is 0.433 e. The third-order valence-electron chi connectivity index (χ3n) is 3.32. The fraction of sp³-hybridized carbons (Fsp3) is 0.455. The van der Waals surface area contributed by atoms with Crippen molar-refractivity contribution < 1.29 is 13.2 Å². The standard InChI is InChI=1S/C11H11F3N4O/c12-11(13,14)8-5-16-9-3-7(6-1-2-15-4-6)17-10(19)18(8)9/h3,5-6,15H,1-2,4H2,(H,17,19). The van der Waals surface area contributed by atoms with Crippen molar-refractivity contribution in [2.45, 2.75) is 18.5 Å². The molecule has 3 heterocycles. The Kier molecular flexibility index (Phi) is 2.63. The van der Waals surface area contributed by atoms with Crippen molar-refractivity contribution in [1.82, 2.24) is 19.7 Å². The molecule has 1 saturated heterocycles. The summed E-state index contributed by atoms with van der Waals surface area (Å²) in [5.74, 6) is 0.115. The van der Waals surface area contributed by atoms with Crippen LogP contribution in [0.1, 0.15) is 23.7 Å². The maximum Gasteiger partial charge on any atom is 0.433 e. The number of rotatable bonds is 1. The molecule has 2 aromatic heterocycles. The maximum absolute atomic E-state index is 12.7. The molecule has 0 aromatic carbocycles. The average molecular weight is 272 g/mol. The molecule has 0 saturated carbocycles. The molecule has 1 aliphatic rings. The molecule has 5 nitrogen and oxygen atoms in total. The SMILES string of the molecule is O=c1[nH]c(C2CCNC2)cc2ncc(C(F)(F)F)n12. The summed E-state index contributed by atoms with van der Waals surface area (Å²) in [5.41, 5.74) is -1.20. The average Bonchev–Trinajstić information content (AvgIpc) is 2.96. The Morgan fingerprint density at radius 2 is 2.21 bits per heavy atom. The van der Waals surface area contributed by atoms with Gasteiger partial charge in [-0.15, -0.1) is 0 Å². The zero-order chi connectivity index (χ0) is 13.6. The van der Waals surface area contributed by atoms with E-state index >= 15 is 0 Å². The number of hydrogen-bond donors (Lipinski definition) is 2. The van der Waals surface area contributed by atoms with Crippen LogP contribution in [-0.4, -0.2) is 27.5 Å². The normalized spacial score (nSPS) is 20.3. The number of alkyl halides is 3. The van der Waals surface area contributed by atoms with Gasteiger partial charge in [-0.3, -0.25) is 0 Å². The summed E-state index contributed by atoms with van der Waals surface area (Å²) in [6.45, 7) is 1.54. The Bertz CT molecular complexity index is 667. The first-order chi connectivity index (χ1) is 8.97. The fourth-order valence-corrected chi connectivity index (χ4v) is 2.38. The van der Waals surface area contributed by atoms with Gasteiger partial charge in [-0.2, -0.15) is 13.2 Å². The Morgan fingerprint density at radius 3 is 2.84 bits per heavy atom. The molecule has 3 rings (SSSR count). The summed E-state index contributed by atoms with van der Waals surface area (Å²) in [5, 5.41) is 3.14. The molecule has 2 N–H and O–H groups in total. The fourth-order valence-electron chi connectivity index (χ4n) is 2.38. The van der Waals surface area contributed by atoms with Crippen LogP contribution in [0.25, 0.3) is 5.65 Å². The highest BCUT2D eigenvalue weighted by molar-refractivity contribution is 5.42. The summed E-state index contributed by atoms with van der Waals surface area (Å²) in [6, 6.07) is 1.51. The van der Waals surface area contributed by atoms with Crippen molar-refractivity contribution in [3.05, 3.63) is 34.1 Å². The lowest BCUT2D eigenvalue weighted by Crippen LogP contribution is -2.24. The second-order valence-electron chi connectivity index (χ2n) is 4.55. The van der Waals surface area contributed by atoms with Gasteiger partial charge in [0.25, 0.3) is 0 Å². The molecule has 2 aromatic rings. The highest BCUT2D eigenvalue weighted by Crippen LogP contribution is 2.29. The van der Waals surface area contributed by atoms with E-state index in [4.69, 9.17) is 0 Å². The molecule has 0 aliphatic carbocycles. The number of aromatic amines is 1. The summed E-state index contributed by atoms with van der Waals surface area (Å²) in [4.78, 5) is 18.0. The molecule has 1 aliphatic heterocycles. The third kappa shape index (κ3) is 2.01. The molecule has 102 valence electrons. The van der Waals surface area contributed by atoms with Crippen molar-refractivity contribution in [2.24, 2.45) is 0 Å². The van der Waals surface area contributed by atoms with E-state index < -0.39 is 17.6 Å². The first kappa shape index (κ1) is 12.2. The summed E-state index contributed by atoms with van der Waals surface area (Å²) < 4.78 is 38.7. The van der Waals surface area contributed by atoms with Crippen molar-refractivity contribution in [3.8, 4) is 0 Å². The smallest absolute Gasteiger partial charge is 0.316 e. The predicted molar refractivity (Wildman–Crippen MR) is 61.0 cm³/mol. The van der Waals surface area contributed by atoms with Gasteiger partial charge in [0.15, 0.2) is 5.69 Å². The number of nitrogens with zero attached hydrogens (tertiary/aromatic N) is 2. The van der Waals surface area contributed by atoms with Crippen LogP contribution in [0.4, 0.5) is 13.2 Å². The van der Waals surface area contributed by atoms with Gasteiger partial charge >= 0.3 is 11.9 Å². The molecule has 1 fully saturated rings. The molecule has 1 atom stereocenters. The van der Waals surface area contributed by atoms with Gasteiger partial charge in [-0.1, -0.05) is 0 Å². The molecule has 8 heteroatoms. The van der Waals surface area contributed by atoms with Gasteiger partial charge in [0.05, 0.1) is 6.20 Å². The van der Waals surface area contributed by atoms with E-state index in [1.54, 1.807) is 0 Å². The number of nitrogens with one attached hydrogen (secondary N) is 2. The van der Waals surface area contributed by atoms with E-state index in [0.29, 0.717) is 22.8 Å². The van der Waals surface area contributed by atoms with E-state index in [0.717, 1.165) is 13.0 Å². The molecular formula is C11H11F3N4O. The number of imidazole rings is 1. The zero-order valence-electron chi connectivity index (χ0n) is 9.79. The van der Waals surface area contributed by atoms with E-state index in [-0.39, 0.29) is 11.6 Å². The summed E-state index contributed by atoms with van der Waals surface area (Å²) in [7, 11) is 0. The van der Waals surface area contributed by atoms with E-state index in [9.17, 15) is 18.0 Å². The van der Waals surface area contributed by atoms with Gasteiger partial charge in [0.1, 0.15) is 5.65 Å². The molecule has 19 heavy (non-hydrogen) atoms. The lowest BCUT2D eigenvalue weighted by Gasteiger charge is -2.10. The lowest BCUT2D eigenvalue weighted by atomic mass is 10.1. The van der Waals surface area contributed by atoms with Crippen LogP contribution in [0, 0.1) is 0 Å². The van der Waals surface area contributed by atoms with E-state index in [1.807, 2.05) is 0 Å². The highest BCUT2D eigenvalue weighted by atomic mass is 19.4. The Labute approximate surface area is 105 Å². The van der Waals surface area contributed by atoms with E-state index in [1.165, 1.54) is 6.07 Å². The second kappa shape index (κ2) is 4.09. The number of hydrogen-bond acceptors (Lipinski definition) is 3. The quantitative estimate of drug-likeness (QED) is 0.817. The number of aromatic nitrogens is 3. The van der Waals surface area contributed by atoms with Crippen LogP contribution in [0.3, 0.4) is 0 Å². The zero-order valence-corrected chi connectivity index (χ0v) is 9.79. The topological polar surface area (TPSA) is 62.2 Å². The number of fused-ring (bicyclic) bond motifs is 1. The maximum atomic E-state index is 12.7. The van der Waals surface area contributed by atoms with Crippen molar-refractivity contribution >= 4 is 5.65 Å². The number of H-pyrrole nitrogens is 1. The Balaban J connectivity index is 2.16. The van der Waals surface area contributed by atoms with Crippen LogP contribution in [0.15, 0.2) is 17.1 Å². The minimum atomic E-state index is -4.59. The summed E-state index contributed by atoms with van der Waals surface area (Å²) >= 11 is 0. The van der Waals surface area contributed by atoms with Crippen molar-refractivity contribution in [2.75, 3.05) is 13.1 Å². The first-order valence-corrected chi connectivity index (χ1v) is 5.85. The van der Waals surface area contributed by atoms with Crippen molar-refractivity contribution in [3.63, 3.8) is 0 Å². The minimum absolute atomic E-state index is 0.0259. The van der Waals surface area contributed by atoms with Gasteiger partial charge < -0.3 is 10.3 Å². The van der Waals surface area contributed by atoms with Crippen LogP contribution < -0.4 is 11.0 Å². The van der Waals surface area contributed by atoms with Crippen LogP contribution in [-0.2, 0) is 6.18 Å². The minimum Gasteiger partial charge on any atom is -0.316 e. The Morgan fingerprint density at radius 1 is 1.42 bits per heavy atom. The van der Waals surface area contributed by atoms with Crippen LogP contribution in [0.2, 0.25) is 0 Å². The second-order valence-corrected chi connectivity index (χ2v) is 4.55. The predicted octanol–water partition coefficient (Wildman–Crippen LogP) is 1.12. The summed E-state index contributed by atoms with van der Waals surface area (Å²) in [6.07, 6.45) is -3.07. The monoisotopic (exact) mass is 272 g/mol. The third-order valence-corrected chi connectivity index (χ3v) is 3.32. The molecule has 0 amide bonds. The van der Waals surface area contributed by atoms with Crippen LogP contribution >= 0.6 is 0 Å². The van der Waals surface area contributed by atoms with Gasteiger partial charge in [-0.05, 0) is 13.0 Å². The lowest BCUT2D eigenvalue weighted by molar-refractivity contribution is -0.142. The van der Waals surface area contributed by atoms with Gasteiger partial charge in [0, 0.05) is 24.2 Å². The molecular weight excluding hydrogens is 261 g/mol. The molecule has 0 bridgehead atoms. The molecule has 0 spiro atoms. The Hall–Kier alpha value is -1.83. The van der Waals surface area contributed by atoms with Gasteiger partial charge in [-0.25, -0.2) is 14.2 Å².